The topological polar surface area (TPSA) is 87.7 Å². The molecule has 1 unspecified atom stereocenters. The summed E-state index contributed by atoms with van der Waals surface area (Å²) in [5.41, 5.74) is 8.58. The first-order valence-electron chi connectivity index (χ1n) is 12.7. The quantitative estimate of drug-likeness (QED) is 0.371. The number of hydrogen-bond donors (Lipinski definition) is 4. The van der Waals surface area contributed by atoms with Crippen LogP contribution in [0.4, 0.5) is 0 Å². The number of nitrogens with one attached hydrogen (secondary N) is 1. The second kappa shape index (κ2) is 8.62. The predicted octanol–water partition coefficient (Wildman–Crippen LogP) is 3.77. The van der Waals surface area contributed by atoms with Gasteiger partial charge in [0.15, 0.2) is 0 Å². The number of hydrogen-bond acceptors (Lipinski definition) is 5. The van der Waals surface area contributed by atoms with Crippen LogP contribution < -0.4 is 11.2 Å². The summed E-state index contributed by atoms with van der Waals surface area (Å²) in [4.78, 5) is 5.76. The SMILES string of the molecule is CC(NOCCCCN)[C@H]1CC[C@]2(O)[C@@H]3CC[C@@H]4C[C@@H](O)CC[C@]4(C)[C@H]3CC[C@]12C. The third-order valence-electron chi connectivity index (χ3n) is 10.5. The van der Waals surface area contributed by atoms with E-state index in [2.05, 4.69) is 26.3 Å². The molecule has 5 nitrogen and oxygen atoms in total. The van der Waals surface area contributed by atoms with E-state index in [9.17, 15) is 10.2 Å². The highest BCUT2D eigenvalue weighted by Crippen LogP contribution is 2.69. The first-order chi connectivity index (χ1) is 14.3. The van der Waals surface area contributed by atoms with Crippen LogP contribution in [0.1, 0.15) is 91.4 Å². The average Bonchev–Trinajstić information content (AvgIpc) is 3.00. The maximum absolute atomic E-state index is 12.3. The van der Waals surface area contributed by atoms with Gasteiger partial charge in [-0.3, -0.25) is 0 Å². The van der Waals surface area contributed by atoms with Gasteiger partial charge in [0.05, 0.1) is 18.3 Å². The van der Waals surface area contributed by atoms with Gasteiger partial charge in [0.1, 0.15) is 0 Å². The minimum absolute atomic E-state index is 0.0431. The van der Waals surface area contributed by atoms with E-state index in [0.717, 1.165) is 57.8 Å². The molecule has 0 aromatic carbocycles. The van der Waals surface area contributed by atoms with Crippen LogP contribution >= 0.6 is 0 Å². The molecule has 0 aliphatic heterocycles. The predicted molar refractivity (Wildman–Crippen MR) is 120 cm³/mol. The number of aliphatic hydroxyl groups excluding tert-OH is 1. The molecule has 4 rings (SSSR count). The molecule has 0 spiro atoms. The first kappa shape index (κ1) is 23.0. The molecule has 4 aliphatic rings. The molecular formula is C25H46N2O3. The van der Waals surface area contributed by atoms with Crippen molar-refractivity contribution < 1.29 is 15.1 Å². The summed E-state index contributed by atoms with van der Waals surface area (Å²) >= 11 is 0. The minimum atomic E-state index is -0.555. The fourth-order valence-electron chi connectivity index (χ4n) is 8.64. The molecule has 5 N–H and O–H groups in total. The van der Waals surface area contributed by atoms with Gasteiger partial charge in [-0.15, -0.1) is 0 Å². The lowest BCUT2D eigenvalue weighted by molar-refractivity contribution is -0.213. The highest BCUT2D eigenvalue weighted by molar-refractivity contribution is 5.17. The molecule has 4 aliphatic carbocycles. The lowest BCUT2D eigenvalue weighted by Crippen LogP contribution is -2.63. The maximum atomic E-state index is 12.3. The average molecular weight is 423 g/mol. The van der Waals surface area contributed by atoms with Gasteiger partial charge >= 0.3 is 0 Å². The zero-order chi connectivity index (χ0) is 21.6. The largest absolute Gasteiger partial charge is 0.393 e. The Balaban J connectivity index is 1.46. The second-order valence-corrected chi connectivity index (χ2v) is 11.7. The molecule has 0 radical (unpaired) electrons. The highest BCUT2D eigenvalue weighted by Gasteiger charge is 2.67. The van der Waals surface area contributed by atoms with Crippen molar-refractivity contribution in [2.75, 3.05) is 13.2 Å². The van der Waals surface area contributed by atoms with Gasteiger partial charge in [0.25, 0.3) is 0 Å². The van der Waals surface area contributed by atoms with Crippen molar-refractivity contribution in [1.82, 2.24) is 5.48 Å². The molecule has 0 saturated heterocycles. The number of rotatable bonds is 7. The van der Waals surface area contributed by atoms with Crippen LogP contribution in [0.2, 0.25) is 0 Å². The number of unbranched alkanes of at least 4 members (excludes halogenated alkanes) is 1. The lowest BCUT2D eigenvalue weighted by Gasteiger charge is -2.63. The van der Waals surface area contributed by atoms with Gasteiger partial charge in [-0.05, 0) is 113 Å². The van der Waals surface area contributed by atoms with Gasteiger partial charge in [-0.25, -0.2) is 0 Å². The van der Waals surface area contributed by atoms with Gasteiger partial charge in [0.2, 0.25) is 0 Å². The van der Waals surface area contributed by atoms with Crippen LogP contribution in [0.3, 0.4) is 0 Å². The van der Waals surface area contributed by atoms with E-state index in [1.165, 1.54) is 12.8 Å². The van der Waals surface area contributed by atoms with Crippen molar-refractivity contribution in [1.29, 1.82) is 0 Å². The molecule has 4 fully saturated rings. The minimum Gasteiger partial charge on any atom is -0.393 e. The fraction of sp³-hybridized carbons (Fsp3) is 1.00. The van der Waals surface area contributed by atoms with Crippen molar-refractivity contribution in [2.24, 2.45) is 40.2 Å². The van der Waals surface area contributed by atoms with Crippen molar-refractivity contribution in [3.05, 3.63) is 0 Å². The Kier molecular flexibility index (Phi) is 6.61. The van der Waals surface area contributed by atoms with E-state index < -0.39 is 5.60 Å². The number of fused-ring (bicyclic) bond motifs is 5. The van der Waals surface area contributed by atoms with Crippen molar-refractivity contribution in [2.45, 2.75) is 109 Å². The Bertz CT molecular complexity index is 603. The van der Waals surface area contributed by atoms with Gasteiger partial charge < -0.3 is 20.8 Å². The van der Waals surface area contributed by atoms with Crippen LogP contribution in [0.25, 0.3) is 0 Å². The summed E-state index contributed by atoms with van der Waals surface area (Å²) in [7, 11) is 0. The Hall–Kier alpha value is -0.200. The van der Waals surface area contributed by atoms with Crippen molar-refractivity contribution in [3.8, 4) is 0 Å². The van der Waals surface area contributed by atoms with E-state index in [-0.39, 0.29) is 17.6 Å². The van der Waals surface area contributed by atoms with Crippen LogP contribution in [-0.4, -0.2) is 41.1 Å². The molecule has 174 valence electrons. The van der Waals surface area contributed by atoms with Crippen molar-refractivity contribution in [3.63, 3.8) is 0 Å². The number of hydroxylamine groups is 1. The van der Waals surface area contributed by atoms with Crippen LogP contribution in [0.15, 0.2) is 0 Å². The molecule has 0 heterocycles. The summed E-state index contributed by atoms with van der Waals surface area (Å²) in [5, 5.41) is 22.5. The van der Waals surface area contributed by atoms with Gasteiger partial charge in [0, 0.05) is 11.5 Å². The summed E-state index contributed by atoms with van der Waals surface area (Å²) in [6, 6.07) is 0.246. The molecule has 0 aromatic rings. The number of aliphatic hydroxyl groups is 2. The molecular weight excluding hydrogens is 376 g/mol. The molecule has 5 heteroatoms. The van der Waals surface area contributed by atoms with Crippen LogP contribution in [0, 0.1) is 34.5 Å². The Morgan fingerprint density at radius 3 is 2.60 bits per heavy atom. The standard InChI is InChI=1S/C25H46N2O3/c1-17(27-30-15-5-4-14-26)20-10-13-25(29)22-7-6-18-16-19(28)8-11-23(18,2)21(22)9-12-24(20,25)3/h17-22,27-29H,4-16,26H2,1-3H3/t17?,18-,19+,20-,21+,22-,23+,24-,25+/m1/s1. The van der Waals surface area contributed by atoms with Crippen LogP contribution in [0.5, 0.6) is 0 Å². The Labute approximate surface area is 183 Å². The molecule has 9 atom stereocenters. The summed E-state index contributed by atoms with van der Waals surface area (Å²) < 4.78 is 0. The lowest BCUT2D eigenvalue weighted by atomic mass is 9.43. The zero-order valence-electron chi connectivity index (χ0n) is 19.5. The summed E-state index contributed by atoms with van der Waals surface area (Å²) in [5.74, 6) is 2.10. The summed E-state index contributed by atoms with van der Waals surface area (Å²) in [6.45, 7) is 8.50. The molecule has 0 amide bonds. The van der Waals surface area contributed by atoms with E-state index in [0.29, 0.717) is 42.2 Å². The second-order valence-electron chi connectivity index (χ2n) is 11.7. The fourth-order valence-corrected chi connectivity index (χ4v) is 8.64. The monoisotopic (exact) mass is 422 g/mol. The zero-order valence-corrected chi connectivity index (χ0v) is 19.5. The van der Waals surface area contributed by atoms with E-state index in [4.69, 9.17) is 10.6 Å². The highest BCUT2D eigenvalue weighted by atomic mass is 16.6. The smallest absolute Gasteiger partial charge is 0.0735 e. The third kappa shape index (κ3) is 3.57. The van der Waals surface area contributed by atoms with E-state index in [1.807, 2.05) is 0 Å². The molecule has 4 saturated carbocycles. The molecule has 0 aromatic heterocycles. The van der Waals surface area contributed by atoms with E-state index in [1.54, 1.807) is 0 Å². The van der Waals surface area contributed by atoms with Gasteiger partial charge in [-0.2, -0.15) is 5.48 Å². The molecule has 0 bridgehead atoms. The first-order valence-corrected chi connectivity index (χ1v) is 12.7. The van der Waals surface area contributed by atoms with E-state index >= 15 is 0 Å². The number of nitrogens with two attached hydrogens (primary N) is 1. The van der Waals surface area contributed by atoms with Gasteiger partial charge in [-0.1, -0.05) is 13.8 Å². The molecule has 30 heavy (non-hydrogen) atoms. The maximum Gasteiger partial charge on any atom is 0.0735 e. The normalized spacial score (nSPS) is 49.2. The Morgan fingerprint density at radius 1 is 1.03 bits per heavy atom. The Morgan fingerprint density at radius 2 is 1.83 bits per heavy atom. The van der Waals surface area contributed by atoms with Crippen LogP contribution in [-0.2, 0) is 4.84 Å². The third-order valence-corrected chi connectivity index (χ3v) is 10.5. The summed E-state index contributed by atoms with van der Waals surface area (Å²) in [6.07, 6.45) is 11.6. The van der Waals surface area contributed by atoms with Crippen molar-refractivity contribution >= 4 is 0 Å².